The summed E-state index contributed by atoms with van der Waals surface area (Å²) in [6, 6.07) is 1.38. The Bertz CT molecular complexity index is 523. The van der Waals surface area contributed by atoms with Gasteiger partial charge in [-0.2, -0.15) is 0 Å². The third-order valence-corrected chi connectivity index (χ3v) is 3.23. The smallest absolute Gasteiger partial charge is 0.404 e. The lowest BCUT2D eigenvalue weighted by Crippen LogP contribution is -2.47. The molecule has 0 atom stereocenters. The summed E-state index contributed by atoms with van der Waals surface area (Å²) in [4.78, 5) is 0. The molecule has 0 radical (unpaired) electrons. The molecule has 0 aromatic heterocycles. The maximum Gasteiger partial charge on any atom is 0.573 e. The van der Waals surface area contributed by atoms with E-state index < -0.39 is 30.9 Å². The number of hydrogen-bond donors (Lipinski definition) is 0. The molecule has 1 saturated heterocycles. The average Bonchev–Trinajstić information content (AvgIpc) is 2.51. The van der Waals surface area contributed by atoms with Gasteiger partial charge in [0.15, 0.2) is 11.6 Å². The van der Waals surface area contributed by atoms with Gasteiger partial charge in [0, 0.05) is 6.61 Å². The van der Waals surface area contributed by atoms with E-state index in [0.29, 0.717) is 18.7 Å². The van der Waals surface area contributed by atoms with Crippen LogP contribution >= 0.6 is 0 Å². The highest BCUT2D eigenvalue weighted by Crippen LogP contribution is 2.27. The Morgan fingerprint density at radius 2 is 1.75 bits per heavy atom. The predicted octanol–water partition coefficient (Wildman–Crippen LogP) is 2.79. The highest BCUT2D eigenvalue weighted by molar-refractivity contribution is 6.61. The van der Waals surface area contributed by atoms with Gasteiger partial charge >= 0.3 is 13.5 Å². The minimum Gasteiger partial charge on any atom is -0.404 e. The minimum atomic E-state index is -5.19. The Labute approximate surface area is 136 Å². The van der Waals surface area contributed by atoms with E-state index >= 15 is 0 Å². The lowest BCUT2D eigenvalue weighted by Gasteiger charge is -2.27. The summed E-state index contributed by atoms with van der Waals surface area (Å²) in [5, 5.41) is 0. The Morgan fingerprint density at radius 3 is 2.25 bits per heavy atom. The summed E-state index contributed by atoms with van der Waals surface area (Å²) in [6.07, 6.45) is -3.63. The van der Waals surface area contributed by atoms with Crippen molar-refractivity contribution in [2.24, 2.45) is 0 Å². The number of halogens is 5. The van der Waals surface area contributed by atoms with Crippen molar-refractivity contribution >= 4 is 12.6 Å². The van der Waals surface area contributed by atoms with Crippen molar-refractivity contribution in [1.29, 1.82) is 0 Å². The maximum absolute atomic E-state index is 13.7. The van der Waals surface area contributed by atoms with Crippen molar-refractivity contribution in [3.63, 3.8) is 0 Å². The van der Waals surface area contributed by atoms with Crippen LogP contribution in [0.5, 0.6) is 5.75 Å². The second-order valence-corrected chi connectivity index (χ2v) is 5.21. The fraction of sp³-hybridized carbons (Fsp3) is 0.571. The van der Waals surface area contributed by atoms with Crippen LogP contribution in [0.4, 0.5) is 22.0 Å². The van der Waals surface area contributed by atoms with Crippen LogP contribution in [0.1, 0.15) is 19.8 Å². The molecular weight excluding hydrogens is 338 g/mol. The number of rotatable bonds is 6. The molecule has 0 aliphatic carbocycles. The van der Waals surface area contributed by atoms with E-state index in [2.05, 4.69) is 4.74 Å². The van der Waals surface area contributed by atoms with Crippen LogP contribution in [0.3, 0.4) is 0 Å². The largest absolute Gasteiger partial charge is 0.573 e. The first-order chi connectivity index (χ1) is 11.3. The molecule has 2 rings (SSSR count). The van der Waals surface area contributed by atoms with E-state index in [1.54, 1.807) is 0 Å². The van der Waals surface area contributed by atoms with Crippen LogP contribution in [0.25, 0.3) is 0 Å². The molecule has 0 N–H and O–H groups in total. The molecule has 0 amide bonds. The van der Waals surface area contributed by atoms with Gasteiger partial charge in [-0.05, 0) is 24.0 Å². The molecule has 134 valence electrons. The molecule has 1 aliphatic rings. The SMILES string of the molecule is CCCCOC1COB(c2cc(F)c(OC(F)(F)F)c(F)c2)OC1. The Balaban J connectivity index is 1.99. The second kappa shape index (κ2) is 8.13. The van der Waals surface area contributed by atoms with Crippen molar-refractivity contribution < 1.29 is 40.7 Å². The van der Waals surface area contributed by atoms with Crippen molar-refractivity contribution in [2.45, 2.75) is 32.2 Å². The van der Waals surface area contributed by atoms with Crippen molar-refractivity contribution in [2.75, 3.05) is 19.8 Å². The van der Waals surface area contributed by atoms with Gasteiger partial charge in [-0.15, -0.1) is 13.2 Å². The molecule has 24 heavy (non-hydrogen) atoms. The highest BCUT2D eigenvalue weighted by atomic mass is 19.4. The summed E-state index contributed by atoms with van der Waals surface area (Å²) in [5.74, 6) is -4.49. The first-order valence-electron chi connectivity index (χ1n) is 7.39. The molecule has 0 saturated carbocycles. The third kappa shape index (κ3) is 5.32. The summed E-state index contributed by atoms with van der Waals surface area (Å²) in [7, 11) is -1.08. The Kier molecular flexibility index (Phi) is 6.42. The van der Waals surface area contributed by atoms with Crippen LogP contribution in [0.15, 0.2) is 12.1 Å². The van der Waals surface area contributed by atoms with Crippen LogP contribution in [0, 0.1) is 11.6 Å². The monoisotopic (exact) mass is 354 g/mol. The van der Waals surface area contributed by atoms with E-state index in [0.717, 1.165) is 12.8 Å². The first-order valence-corrected chi connectivity index (χ1v) is 7.39. The van der Waals surface area contributed by atoms with Gasteiger partial charge in [0.25, 0.3) is 0 Å². The van der Waals surface area contributed by atoms with E-state index in [-0.39, 0.29) is 24.8 Å². The standard InChI is InChI=1S/C14H16BF5O4/c1-2-3-4-21-10-7-22-15(23-8-10)9-5-11(16)13(12(17)6-9)24-14(18,19)20/h5-6,10H,2-4,7-8H2,1H3. The van der Waals surface area contributed by atoms with E-state index in [1.807, 2.05) is 6.92 Å². The van der Waals surface area contributed by atoms with Gasteiger partial charge in [0.2, 0.25) is 5.75 Å². The average molecular weight is 354 g/mol. The van der Waals surface area contributed by atoms with Crippen LogP contribution in [-0.4, -0.2) is 39.4 Å². The Morgan fingerprint density at radius 1 is 1.17 bits per heavy atom. The maximum atomic E-state index is 13.7. The summed E-state index contributed by atoms with van der Waals surface area (Å²) in [5.41, 5.74) is -0.0773. The number of alkyl halides is 3. The molecule has 4 nitrogen and oxygen atoms in total. The zero-order valence-corrected chi connectivity index (χ0v) is 12.9. The predicted molar refractivity (Wildman–Crippen MR) is 75.0 cm³/mol. The molecule has 1 heterocycles. The zero-order valence-electron chi connectivity index (χ0n) is 12.9. The first kappa shape index (κ1) is 18.9. The van der Waals surface area contributed by atoms with E-state index in [1.165, 1.54) is 0 Å². The number of hydrogen-bond acceptors (Lipinski definition) is 4. The number of ether oxygens (including phenoxy) is 2. The van der Waals surface area contributed by atoms with Gasteiger partial charge in [-0.1, -0.05) is 13.3 Å². The summed E-state index contributed by atoms with van der Waals surface area (Å²) < 4.78 is 83.1. The van der Waals surface area contributed by atoms with Crippen LogP contribution in [0.2, 0.25) is 0 Å². The fourth-order valence-electron chi connectivity index (χ4n) is 2.10. The van der Waals surface area contributed by atoms with Gasteiger partial charge in [-0.25, -0.2) is 8.78 Å². The molecule has 0 bridgehead atoms. The van der Waals surface area contributed by atoms with Gasteiger partial charge in [0.05, 0.1) is 13.2 Å². The topological polar surface area (TPSA) is 36.9 Å². The lowest BCUT2D eigenvalue weighted by atomic mass is 9.77. The zero-order chi connectivity index (χ0) is 17.7. The molecule has 0 spiro atoms. The van der Waals surface area contributed by atoms with Crippen LogP contribution < -0.4 is 10.2 Å². The second-order valence-electron chi connectivity index (χ2n) is 5.21. The Hall–Kier alpha value is -1.39. The molecule has 1 aromatic rings. The molecule has 1 aromatic carbocycles. The molecular formula is C14H16BF5O4. The van der Waals surface area contributed by atoms with Crippen molar-refractivity contribution in [3.8, 4) is 5.75 Å². The van der Waals surface area contributed by atoms with E-state index in [4.69, 9.17) is 14.0 Å². The van der Waals surface area contributed by atoms with Crippen molar-refractivity contribution in [1.82, 2.24) is 0 Å². The third-order valence-electron chi connectivity index (χ3n) is 3.23. The van der Waals surface area contributed by atoms with Gasteiger partial charge in [0.1, 0.15) is 6.10 Å². The summed E-state index contributed by atoms with van der Waals surface area (Å²) >= 11 is 0. The normalized spacial score (nSPS) is 16.5. The molecule has 1 fully saturated rings. The minimum absolute atomic E-state index is 0.0773. The van der Waals surface area contributed by atoms with Gasteiger partial charge in [-0.3, -0.25) is 0 Å². The molecule has 10 heteroatoms. The van der Waals surface area contributed by atoms with Crippen molar-refractivity contribution in [3.05, 3.63) is 23.8 Å². The number of unbranched alkanes of at least 4 members (excludes halogenated alkanes) is 1. The van der Waals surface area contributed by atoms with Gasteiger partial charge < -0.3 is 18.8 Å². The van der Waals surface area contributed by atoms with E-state index in [9.17, 15) is 22.0 Å². The molecule has 0 unspecified atom stereocenters. The lowest BCUT2D eigenvalue weighted by molar-refractivity contribution is -0.276. The quantitative estimate of drug-likeness (QED) is 0.447. The number of benzene rings is 1. The highest BCUT2D eigenvalue weighted by Gasteiger charge is 2.36. The summed E-state index contributed by atoms with van der Waals surface area (Å²) in [6.45, 7) is 2.87. The van der Waals surface area contributed by atoms with Crippen LogP contribution in [-0.2, 0) is 14.0 Å². The molecule has 1 aliphatic heterocycles. The fourth-order valence-corrected chi connectivity index (χ4v) is 2.10.